The van der Waals surface area contributed by atoms with Crippen molar-refractivity contribution in [1.82, 2.24) is 20.6 Å². The Morgan fingerprint density at radius 1 is 0.494 bits per heavy atom. The number of nitrogens with zero attached hydrogens (tertiary/aromatic N) is 2. The molecular formula is C62H92N4O4S6Si. The fraction of sp³-hybridized carbons (Fsp3) is 0.645. The molecule has 7 heterocycles. The fourth-order valence-corrected chi connectivity index (χ4v) is 26.4. The van der Waals surface area contributed by atoms with Crippen LogP contribution in [-0.2, 0) is 22.3 Å². The summed E-state index contributed by atoms with van der Waals surface area (Å²) in [6.07, 6.45) is 27.9. The van der Waals surface area contributed by atoms with Gasteiger partial charge in [0, 0.05) is 55.2 Å². The second-order valence-electron chi connectivity index (χ2n) is 22.0. The average Bonchev–Trinajstić information content (AvgIpc) is 4.44. The molecule has 8 nitrogen and oxygen atoms in total. The molecule has 2 atom stereocenters. The number of unbranched alkanes of at least 4 members (excludes halogenated alkanes) is 14. The molecule has 2 amide bonds. The summed E-state index contributed by atoms with van der Waals surface area (Å²) in [6, 6.07) is 12.6. The van der Waals surface area contributed by atoms with Crippen molar-refractivity contribution in [2.24, 2.45) is 11.8 Å². The number of hydrogen-bond acceptors (Lipinski definition) is 12. The Bertz CT molecular complexity index is 2680. The van der Waals surface area contributed by atoms with Gasteiger partial charge in [-0.1, -0.05) is 193 Å². The minimum Gasteiger partial charge on any atom is -0.449 e. The van der Waals surface area contributed by atoms with E-state index in [-0.39, 0.29) is 12.2 Å². The molecule has 2 unspecified atom stereocenters. The highest BCUT2D eigenvalue weighted by molar-refractivity contribution is 7.34. The second kappa shape index (κ2) is 31.9. The summed E-state index contributed by atoms with van der Waals surface area (Å²) in [5.74, 6) is 1.50. The van der Waals surface area contributed by atoms with Gasteiger partial charge in [-0.2, -0.15) is 0 Å². The topological polar surface area (TPSA) is 102 Å². The lowest BCUT2D eigenvalue weighted by Gasteiger charge is -2.35. The first-order chi connectivity index (χ1) is 37.5. The van der Waals surface area contributed by atoms with Gasteiger partial charge in [-0.05, 0) is 96.4 Å². The Balaban J connectivity index is 1.13. The van der Waals surface area contributed by atoms with Crippen molar-refractivity contribution >= 4 is 108 Å². The molecule has 0 fully saturated rings. The van der Waals surface area contributed by atoms with Crippen LogP contribution in [0.5, 0.6) is 0 Å². The molecular weight excluding hydrogens is 1090 g/mol. The molecule has 0 aliphatic carbocycles. The number of fused-ring (bicyclic) bond motifs is 4. The van der Waals surface area contributed by atoms with Crippen LogP contribution in [0.25, 0.3) is 48.9 Å². The first kappa shape index (κ1) is 61.7. The molecule has 6 aromatic rings. The molecule has 1 aliphatic rings. The normalized spacial score (nSPS) is 14.8. The molecule has 0 bridgehead atoms. The van der Waals surface area contributed by atoms with Gasteiger partial charge in [0.25, 0.3) is 0 Å². The Hall–Kier alpha value is -2.92. The van der Waals surface area contributed by atoms with Gasteiger partial charge in [-0.3, -0.25) is 0 Å². The third kappa shape index (κ3) is 17.1. The number of thiazole rings is 2. The van der Waals surface area contributed by atoms with Crippen molar-refractivity contribution in [2.75, 3.05) is 26.3 Å². The van der Waals surface area contributed by atoms with Crippen molar-refractivity contribution in [1.29, 1.82) is 0 Å². The zero-order chi connectivity index (χ0) is 54.6. The smallest absolute Gasteiger partial charge is 0.407 e. The van der Waals surface area contributed by atoms with Crippen LogP contribution in [0.4, 0.5) is 9.59 Å². The number of rotatable bonds is 37. The zero-order valence-electron chi connectivity index (χ0n) is 48.2. The third-order valence-corrected chi connectivity index (χ3v) is 28.8. The molecule has 15 heteroatoms. The van der Waals surface area contributed by atoms with Gasteiger partial charge in [-0.15, -0.1) is 45.3 Å². The van der Waals surface area contributed by atoms with Gasteiger partial charge in [0.1, 0.15) is 18.1 Å². The maximum atomic E-state index is 13.0. The van der Waals surface area contributed by atoms with Crippen LogP contribution in [-0.4, -0.2) is 56.5 Å². The summed E-state index contributed by atoms with van der Waals surface area (Å²) in [7, 11) is -2.12. The highest BCUT2D eigenvalue weighted by Gasteiger charge is 2.49. The molecule has 0 aromatic carbocycles. The van der Waals surface area contributed by atoms with Crippen molar-refractivity contribution in [3.63, 3.8) is 0 Å². The van der Waals surface area contributed by atoms with Crippen molar-refractivity contribution in [3.05, 3.63) is 45.1 Å². The lowest BCUT2D eigenvalue weighted by molar-refractivity contribution is 0.146. The van der Waals surface area contributed by atoms with E-state index in [4.69, 9.17) is 19.4 Å². The van der Waals surface area contributed by atoms with E-state index in [1.807, 2.05) is 34.0 Å². The molecule has 6 aromatic heterocycles. The first-order valence-electron chi connectivity index (χ1n) is 30.1. The molecule has 0 saturated heterocycles. The molecule has 77 heavy (non-hydrogen) atoms. The largest absolute Gasteiger partial charge is 0.449 e. The number of hydrogen-bond donors (Lipinski definition) is 2. The predicted molar refractivity (Wildman–Crippen MR) is 341 cm³/mol. The fourth-order valence-electron chi connectivity index (χ4n) is 11.5. The zero-order valence-corrected chi connectivity index (χ0v) is 54.1. The van der Waals surface area contributed by atoms with Crippen LogP contribution in [0.3, 0.4) is 0 Å². The Labute approximate surface area is 488 Å². The van der Waals surface area contributed by atoms with Gasteiger partial charge in [0.2, 0.25) is 0 Å². The van der Waals surface area contributed by atoms with Gasteiger partial charge < -0.3 is 20.1 Å². The van der Waals surface area contributed by atoms with Crippen LogP contribution >= 0.6 is 68.0 Å². The predicted octanol–water partition coefficient (Wildman–Crippen LogP) is 19.6. The minimum absolute atomic E-state index is 0.306. The number of amides is 2. The SMILES string of the molecule is CCCCCCCCCNC(=O)OCCc1cc(C)sc1-c1nc2sc(-c3sc(-c4cc5c(s4)-c4sc(C)cc4[Si]5(CC(CC)CCCC)CC(CC)CCCC)cc3CCOC(=O)NCCCCCCCCC)nc2s1. The van der Waals surface area contributed by atoms with Gasteiger partial charge >= 0.3 is 12.2 Å². The number of aromatic nitrogens is 2. The van der Waals surface area contributed by atoms with Gasteiger partial charge in [-0.25, -0.2) is 19.6 Å². The number of ether oxygens (including phenoxy) is 2. The van der Waals surface area contributed by atoms with Crippen molar-refractivity contribution in [2.45, 2.75) is 222 Å². The summed E-state index contributed by atoms with van der Waals surface area (Å²) in [5.41, 5.74) is 2.33. The van der Waals surface area contributed by atoms with E-state index < -0.39 is 8.07 Å². The Morgan fingerprint density at radius 3 is 1.43 bits per heavy atom. The maximum Gasteiger partial charge on any atom is 0.407 e. The Morgan fingerprint density at radius 2 is 0.909 bits per heavy atom. The number of aryl methyl sites for hydroxylation is 2. The first-order valence-corrected chi connectivity index (χ1v) is 37.4. The quantitative estimate of drug-likeness (QED) is 0.0298. The van der Waals surface area contributed by atoms with E-state index in [0.717, 1.165) is 72.5 Å². The van der Waals surface area contributed by atoms with Crippen LogP contribution in [0.2, 0.25) is 12.1 Å². The number of alkyl carbamates (subject to hydrolysis) is 2. The van der Waals surface area contributed by atoms with E-state index in [1.165, 1.54) is 153 Å². The summed E-state index contributed by atoms with van der Waals surface area (Å²) < 4.78 is 11.5. The highest BCUT2D eigenvalue weighted by atomic mass is 32.1. The standard InChI is InChI=1S/C62H92N4O4S6Si/c1-9-15-19-21-23-25-27-33-63-61(67)69-35-31-47-37-43(7)71-53(47)57-65-59-60(75-57)66-58(76-59)54-48(32-36-70-62(68)64-34-28-26-24-22-20-16-10-2)39-49(73-54)50-40-52-56(74-50)55-51(38-44(8)72-55)77(52,41-45(13-5)29-17-11-3)42-46(14-6)30-18-12-4/h37-40,45-46H,9-36,41-42H2,1-8H3,(H,63,67)(H,64,68). The monoisotopic (exact) mass is 1180 g/mol. The summed E-state index contributed by atoms with van der Waals surface area (Å²) in [4.78, 5) is 48.8. The van der Waals surface area contributed by atoms with E-state index in [2.05, 4.69) is 90.3 Å². The van der Waals surface area contributed by atoms with Crippen LogP contribution in [0.1, 0.15) is 204 Å². The lowest BCUT2D eigenvalue weighted by atomic mass is 10.0. The van der Waals surface area contributed by atoms with Crippen LogP contribution < -0.4 is 21.0 Å². The van der Waals surface area contributed by atoms with E-state index >= 15 is 0 Å². The summed E-state index contributed by atoms with van der Waals surface area (Å²) in [5, 5.41) is 11.4. The number of thiophene rings is 4. The summed E-state index contributed by atoms with van der Waals surface area (Å²) in [6.45, 7) is 20.5. The highest BCUT2D eigenvalue weighted by Crippen LogP contribution is 2.50. The van der Waals surface area contributed by atoms with Crippen molar-refractivity contribution < 1.29 is 19.1 Å². The van der Waals surface area contributed by atoms with Gasteiger partial charge in [0.15, 0.2) is 9.66 Å². The number of carbonyl (C=O) groups is 2. The molecule has 0 saturated carbocycles. The van der Waals surface area contributed by atoms with E-state index in [0.29, 0.717) is 39.1 Å². The molecule has 7 rings (SSSR count). The molecule has 2 N–H and O–H groups in total. The van der Waals surface area contributed by atoms with Crippen molar-refractivity contribution in [3.8, 4) is 39.3 Å². The minimum atomic E-state index is -2.12. The van der Waals surface area contributed by atoms with Crippen LogP contribution in [0.15, 0.2) is 24.3 Å². The number of carbonyl (C=O) groups excluding carboxylic acids is 2. The number of nitrogens with one attached hydrogen (secondary N) is 2. The van der Waals surface area contributed by atoms with E-state index in [1.54, 1.807) is 54.1 Å². The lowest BCUT2D eigenvalue weighted by Crippen LogP contribution is -2.56. The molecule has 0 radical (unpaired) electrons. The van der Waals surface area contributed by atoms with Gasteiger partial charge in [0.05, 0.1) is 23.0 Å². The molecule has 1 aliphatic heterocycles. The average molecular weight is 1180 g/mol. The second-order valence-corrected chi connectivity index (χ2v) is 32.6. The molecule has 0 spiro atoms. The summed E-state index contributed by atoms with van der Waals surface area (Å²) >= 11 is 11.0. The molecule has 424 valence electrons. The van der Waals surface area contributed by atoms with Crippen LogP contribution in [0, 0.1) is 25.7 Å². The third-order valence-electron chi connectivity index (χ3n) is 15.8. The maximum absolute atomic E-state index is 13.0. The Kier molecular flexibility index (Phi) is 25.6. The van der Waals surface area contributed by atoms with E-state index in [9.17, 15) is 9.59 Å².